The van der Waals surface area contributed by atoms with Crippen LogP contribution in [0.15, 0.2) is 53.1 Å². The van der Waals surface area contributed by atoms with Crippen LogP contribution in [0.3, 0.4) is 0 Å². The van der Waals surface area contributed by atoms with Gasteiger partial charge in [-0.3, -0.25) is 4.79 Å². The first-order valence-corrected chi connectivity index (χ1v) is 11.2. The van der Waals surface area contributed by atoms with Crippen molar-refractivity contribution in [1.82, 2.24) is 15.0 Å². The highest BCUT2D eigenvalue weighted by molar-refractivity contribution is 5.95. The van der Waals surface area contributed by atoms with Crippen LogP contribution in [0.25, 0.3) is 11.4 Å². The van der Waals surface area contributed by atoms with Crippen LogP contribution in [-0.2, 0) is 6.42 Å². The van der Waals surface area contributed by atoms with Crippen molar-refractivity contribution in [2.45, 2.75) is 33.1 Å². The van der Waals surface area contributed by atoms with Crippen LogP contribution in [0.5, 0.6) is 11.5 Å². The number of piperidine rings is 1. The molecule has 0 spiro atoms. The van der Waals surface area contributed by atoms with Gasteiger partial charge in [-0.1, -0.05) is 35.5 Å². The number of ether oxygens (including phenoxy) is 2. The summed E-state index contributed by atoms with van der Waals surface area (Å²) in [5, 5.41) is 4.11. The van der Waals surface area contributed by atoms with Crippen LogP contribution in [-0.4, -0.2) is 47.3 Å². The van der Waals surface area contributed by atoms with Gasteiger partial charge < -0.3 is 18.9 Å². The van der Waals surface area contributed by atoms with E-state index in [1.807, 2.05) is 61.2 Å². The van der Waals surface area contributed by atoms with Crippen molar-refractivity contribution in [2.24, 2.45) is 5.92 Å². The first-order chi connectivity index (χ1) is 15.7. The second-order valence-corrected chi connectivity index (χ2v) is 7.84. The number of amides is 1. The minimum absolute atomic E-state index is 0.0246. The number of benzene rings is 2. The Labute approximate surface area is 188 Å². The summed E-state index contributed by atoms with van der Waals surface area (Å²) in [7, 11) is 0. The van der Waals surface area contributed by atoms with Crippen molar-refractivity contribution in [3.63, 3.8) is 0 Å². The largest absolute Gasteiger partial charge is 0.490 e. The lowest BCUT2D eigenvalue weighted by Crippen LogP contribution is -2.38. The molecule has 1 aliphatic heterocycles. The third-order valence-electron chi connectivity index (χ3n) is 5.66. The molecule has 0 saturated carbocycles. The maximum Gasteiger partial charge on any atom is 0.253 e. The molecule has 0 radical (unpaired) electrons. The topological polar surface area (TPSA) is 77.7 Å². The van der Waals surface area contributed by atoms with Crippen LogP contribution in [0.2, 0.25) is 0 Å². The van der Waals surface area contributed by atoms with Crippen molar-refractivity contribution in [3.05, 3.63) is 60.0 Å². The Kier molecular flexibility index (Phi) is 7.04. The Bertz CT molecular complexity index is 1030. The lowest BCUT2D eigenvalue weighted by molar-refractivity contribution is 0.0687. The summed E-state index contributed by atoms with van der Waals surface area (Å²) < 4.78 is 16.7. The highest BCUT2D eigenvalue weighted by Gasteiger charge is 2.26. The van der Waals surface area contributed by atoms with Gasteiger partial charge in [-0.05, 0) is 50.8 Å². The fourth-order valence-electron chi connectivity index (χ4n) is 4.00. The average Bonchev–Trinajstić information content (AvgIpc) is 3.30. The molecule has 1 amide bonds. The monoisotopic (exact) mass is 435 g/mol. The number of hydrogen-bond donors (Lipinski definition) is 0. The van der Waals surface area contributed by atoms with Gasteiger partial charge in [0.05, 0.1) is 13.2 Å². The van der Waals surface area contributed by atoms with Crippen molar-refractivity contribution < 1.29 is 18.8 Å². The maximum absolute atomic E-state index is 13.0. The molecule has 7 heteroatoms. The van der Waals surface area contributed by atoms with E-state index in [4.69, 9.17) is 14.0 Å². The molecule has 0 N–H and O–H groups in total. The Morgan fingerprint density at radius 3 is 2.47 bits per heavy atom. The molecule has 2 heterocycles. The predicted octanol–water partition coefficient (Wildman–Crippen LogP) is 4.63. The van der Waals surface area contributed by atoms with E-state index in [1.54, 1.807) is 6.07 Å². The van der Waals surface area contributed by atoms with E-state index in [1.165, 1.54) is 0 Å². The SMILES string of the molecule is CCOc1ccc(C(=O)N2CCC(Cc3nc(-c4ccccc4)no3)CC2)cc1OCC. The summed E-state index contributed by atoms with van der Waals surface area (Å²) >= 11 is 0. The number of rotatable bonds is 8. The molecule has 1 saturated heterocycles. The normalized spacial score (nSPS) is 14.4. The molecule has 4 rings (SSSR count). The molecule has 2 aromatic carbocycles. The van der Waals surface area contributed by atoms with E-state index < -0.39 is 0 Å². The standard InChI is InChI=1S/C25H29N3O4/c1-3-30-21-11-10-20(17-22(21)31-4-2)25(29)28-14-12-18(13-15-28)16-23-26-24(27-32-23)19-8-6-5-7-9-19/h5-11,17-18H,3-4,12-16H2,1-2H3. The smallest absolute Gasteiger partial charge is 0.253 e. The zero-order chi connectivity index (χ0) is 22.3. The first-order valence-electron chi connectivity index (χ1n) is 11.2. The second kappa shape index (κ2) is 10.3. The molecule has 7 nitrogen and oxygen atoms in total. The maximum atomic E-state index is 13.0. The molecule has 168 valence electrons. The van der Waals surface area contributed by atoms with E-state index in [9.17, 15) is 4.79 Å². The number of carbonyl (C=O) groups excluding carboxylic acids is 1. The fraction of sp³-hybridized carbons (Fsp3) is 0.400. The van der Waals surface area contributed by atoms with Gasteiger partial charge in [0.25, 0.3) is 5.91 Å². The van der Waals surface area contributed by atoms with Gasteiger partial charge in [-0.15, -0.1) is 0 Å². The molecule has 1 aromatic heterocycles. The third kappa shape index (κ3) is 5.10. The molecule has 32 heavy (non-hydrogen) atoms. The average molecular weight is 436 g/mol. The van der Waals surface area contributed by atoms with Crippen molar-refractivity contribution in [2.75, 3.05) is 26.3 Å². The van der Waals surface area contributed by atoms with Crippen molar-refractivity contribution >= 4 is 5.91 Å². The number of nitrogens with zero attached hydrogens (tertiary/aromatic N) is 3. The van der Waals surface area contributed by atoms with Gasteiger partial charge in [0.1, 0.15) is 0 Å². The van der Waals surface area contributed by atoms with Crippen molar-refractivity contribution in [3.8, 4) is 22.9 Å². The van der Waals surface area contributed by atoms with Gasteiger partial charge in [0, 0.05) is 30.6 Å². The molecular formula is C25H29N3O4. The third-order valence-corrected chi connectivity index (χ3v) is 5.66. The van der Waals surface area contributed by atoms with Crippen LogP contribution >= 0.6 is 0 Å². The highest BCUT2D eigenvalue weighted by atomic mass is 16.5. The molecule has 1 fully saturated rings. The van der Waals surface area contributed by atoms with Crippen LogP contribution in [0.4, 0.5) is 0 Å². The molecular weight excluding hydrogens is 406 g/mol. The van der Waals surface area contributed by atoms with E-state index in [0.29, 0.717) is 61.0 Å². The number of aromatic nitrogens is 2. The van der Waals surface area contributed by atoms with Gasteiger partial charge in [-0.2, -0.15) is 4.98 Å². The summed E-state index contributed by atoms with van der Waals surface area (Å²) in [6.45, 7) is 6.33. The second-order valence-electron chi connectivity index (χ2n) is 7.84. The zero-order valence-electron chi connectivity index (χ0n) is 18.6. The summed E-state index contributed by atoms with van der Waals surface area (Å²) in [4.78, 5) is 19.5. The van der Waals surface area contributed by atoms with Gasteiger partial charge in [0.15, 0.2) is 11.5 Å². The molecule has 0 aliphatic carbocycles. The predicted molar refractivity (Wildman–Crippen MR) is 121 cm³/mol. The molecule has 1 aliphatic rings. The number of carbonyl (C=O) groups is 1. The van der Waals surface area contributed by atoms with Gasteiger partial charge >= 0.3 is 0 Å². The van der Waals surface area contributed by atoms with E-state index >= 15 is 0 Å². The highest BCUT2D eigenvalue weighted by Crippen LogP contribution is 2.30. The quantitative estimate of drug-likeness (QED) is 0.513. The summed E-state index contributed by atoms with van der Waals surface area (Å²) in [5.41, 5.74) is 1.57. The van der Waals surface area contributed by atoms with E-state index in [0.717, 1.165) is 24.8 Å². The van der Waals surface area contributed by atoms with E-state index in [-0.39, 0.29) is 5.91 Å². The minimum Gasteiger partial charge on any atom is -0.490 e. The Morgan fingerprint density at radius 1 is 1.03 bits per heavy atom. The fourth-order valence-corrected chi connectivity index (χ4v) is 4.00. The van der Waals surface area contributed by atoms with Gasteiger partial charge in [0.2, 0.25) is 11.7 Å². The van der Waals surface area contributed by atoms with Crippen LogP contribution in [0.1, 0.15) is 42.9 Å². The van der Waals surface area contributed by atoms with Gasteiger partial charge in [-0.25, -0.2) is 0 Å². The lowest BCUT2D eigenvalue weighted by atomic mass is 9.93. The molecule has 3 aromatic rings. The number of likely N-dealkylation sites (tertiary alicyclic amines) is 1. The first kappa shape index (κ1) is 21.9. The summed E-state index contributed by atoms with van der Waals surface area (Å²) in [6.07, 6.45) is 2.55. The molecule has 0 unspecified atom stereocenters. The summed E-state index contributed by atoms with van der Waals surface area (Å²) in [6, 6.07) is 15.2. The zero-order valence-corrected chi connectivity index (χ0v) is 18.6. The number of hydrogen-bond acceptors (Lipinski definition) is 6. The minimum atomic E-state index is 0.0246. The Morgan fingerprint density at radius 2 is 1.75 bits per heavy atom. The van der Waals surface area contributed by atoms with Crippen molar-refractivity contribution in [1.29, 1.82) is 0 Å². The summed E-state index contributed by atoms with van der Waals surface area (Å²) in [5.74, 6) is 2.99. The molecule has 0 atom stereocenters. The van der Waals surface area contributed by atoms with Crippen LogP contribution in [0, 0.1) is 5.92 Å². The van der Waals surface area contributed by atoms with Crippen LogP contribution < -0.4 is 9.47 Å². The van der Waals surface area contributed by atoms with E-state index in [2.05, 4.69) is 10.1 Å². The Balaban J connectivity index is 1.34. The lowest BCUT2D eigenvalue weighted by Gasteiger charge is -2.31. The molecule has 0 bridgehead atoms. The Hall–Kier alpha value is -3.35.